The number of hydrogen-bond donors (Lipinski definition) is 2. The molecule has 1 fully saturated rings. The van der Waals surface area contributed by atoms with Gasteiger partial charge in [-0.2, -0.15) is 10.1 Å². The van der Waals surface area contributed by atoms with E-state index in [-0.39, 0.29) is 0 Å². The quantitative estimate of drug-likeness (QED) is 0.416. The molecule has 1 aliphatic rings. The number of anilines is 5. The third kappa shape index (κ3) is 5.36. The van der Waals surface area contributed by atoms with Crippen LogP contribution in [0.4, 0.5) is 29.0 Å². The maximum absolute atomic E-state index is 5.27. The summed E-state index contributed by atoms with van der Waals surface area (Å²) in [5.74, 6) is 2.81. The Balaban J connectivity index is 1.28. The first kappa shape index (κ1) is 22.7. The summed E-state index contributed by atoms with van der Waals surface area (Å²) in [6.45, 7) is 6.23. The summed E-state index contributed by atoms with van der Waals surface area (Å²) in [7, 11) is 3.82. The highest BCUT2D eigenvalue weighted by molar-refractivity contribution is 5.62. The normalized spacial score (nSPS) is 14.1. The first-order valence-electron chi connectivity index (χ1n) is 11.7. The van der Waals surface area contributed by atoms with Gasteiger partial charge in [0.2, 0.25) is 5.95 Å². The van der Waals surface area contributed by atoms with Gasteiger partial charge in [-0.3, -0.25) is 0 Å². The van der Waals surface area contributed by atoms with Gasteiger partial charge in [-0.1, -0.05) is 0 Å². The number of piperazine rings is 1. The van der Waals surface area contributed by atoms with Crippen LogP contribution in [0, 0.1) is 6.92 Å². The van der Waals surface area contributed by atoms with Crippen molar-refractivity contribution in [3.63, 3.8) is 0 Å². The van der Waals surface area contributed by atoms with Crippen molar-refractivity contribution in [3.05, 3.63) is 72.6 Å². The molecule has 0 radical (unpaired) electrons. The molecule has 0 spiro atoms. The molecule has 0 atom stereocenters. The van der Waals surface area contributed by atoms with Crippen LogP contribution >= 0.6 is 0 Å². The number of likely N-dealkylation sites (N-methyl/N-ethyl adjacent to an activating group) is 1. The minimum absolute atomic E-state index is 0.523. The highest BCUT2D eigenvalue weighted by Crippen LogP contribution is 2.24. The molecule has 0 unspecified atom stereocenters. The van der Waals surface area contributed by atoms with E-state index in [0.29, 0.717) is 11.8 Å². The third-order valence-corrected chi connectivity index (χ3v) is 6.05. The molecule has 0 aliphatic carbocycles. The van der Waals surface area contributed by atoms with Crippen molar-refractivity contribution >= 4 is 29.0 Å². The van der Waals surface area contributed by atoms with Gasteiger partial charge in [0, 0.05) is 49.8 Å². The fourth-order valence-corrected chi connectivity index (χ4v) is 4.08. The van der Waals surface area contributed by atoms with E-state index in [9.17, 15) is 0 Å². The summed E-state index contributed by atoms with van der Waals surface area (Å²) >= 11 is 0. The highest BCUT2D eigenvalue weighted by atomic mass is 16.5. The molecule has 3 heterocycles. The lowest BCUT2D eigenvalue weighted by atomic mass is 10.2. The number of methoxy groups -OCH3 is 1. The van der Waals surface area contributed by atoms with Crippen LogP contribution in [0.2, 0.25) is 0 Å². The molecule has 4 aromatic rings. The van der Waals surface area contributed by atoms with Crippen molar-refractivity contribution in [2.24, 2.45) is 0 Å². The molecule has 2 aromatic heterocycles. The Morgan fingerprint density at radius 1 is 0.857 bits per heavy atom. The number of ether oxygens (including phenoxy) is 1. The molecule has 0 bridgehead atoms. The van der Waals surface area contributed by atoms with E-state index in [1.165, 1.54) is 5.69 Å². The number of nitrogens with one attached hydrogen (secondary N) is 2. The largest absolute Gasteiger partial charge is 0.497 e. The minimum Gasteiger partial charge on any atom is -0.497 e. The van der Waals surface area contributed by atoms with Crippen LogP contribution in [0.3, 0.4) is 0 Å². The summed E-state index contributed by atoms with van der Waals surface area (Å²) in [6, 6.07) is 20.0. The Labute approximate surface area is 205 Å². The predicted octanol–water partition coefficient (Wildman–Crippen LogP) is 4.22. The SMILES string of the molecule is COc1ccc(-n2nc(C)cc2Nc2ccnc(Nc3ccc(N4CCN(C)CC4)cc3)n2)cc1. The van der Waals surface area contributed by atoms with Crippen molar-refractivity contribution < 1.29 is 4.74 Å². The number of benzene rings is 2. The number of rotatable bonds is 7. The zero-order chi connectivity index (χ0) is 24.2. The van der Waals surface area contributed by atoms with Gasteiger partial charge in [-0.25, -0.2) is 9.67 Å². The van der Waals surface area contributed by atoms with Crippen LogP contribution in [-0.4, -0.2) is 65.0 Å². The fourth-order valence-electron chi connectivity index (χ4n) is 4.08. The second-order valence-corrected chi connectivity index (χ2v) is 8.63. The molecule has 5 rings (SSSR count). The molecule has 2 aromatic carbocycles. The van der Waals surface area contributed by atoms with Gasteiger partial charge in [0.1, 0.15) is 17.4 Å². The Kier molecular flexibility index (Phi) is 6.49. The topological polar surface area (TPSA) is 83.4 Å². The Bertz CT molecular complexity index is 1260. The van der Waals surface area contributed by atoms with E-state index in [2.05, 4.69) is 66.8 Å². The second kappa shape index (κ2) is 10.0. The lowest BCUT2D eigenvalue weighted by Gasteiger charge is -2.34. The summed E-state index contributed by atoms with van der Waals surface area (Å²) < 4.78 is 7.11. The van der Waals surface area contributed by atoms with Crippen LogP contribution in [-0.2, 0) is 0 Å². The fraction of sp³-hybridized carbons (Fsp3) is 0.269. The van der Waals surface area contributed by atoms with Crippen molar-refractivity contribution in [1.29, 1.82) is 0 Å². The number of nitrogens with zero attached hydrogens (tertiary/aromatic N) is 6. The van der Waals surface area contributed by atoms with Crippen LogP contribution in [0.1, 0.15) is 5.69 Å². The smallest absolute Gasteiger partial charge is 0.229 e. The Morgan fingerprint density at radius 3 is 2.29 bits per heavy atom. The lowest BCUT2D eigenvalue weighted by molar-refractivity contribution is 0.313. The monoisotopic (exact) mass is 470 g/mol. The predicted molar refractivity (Wildman–Crippen MR) is 140 cm³/mol. The molecule has 1 aliphatic heterocycles. The molecule has 0 amide bonds. The minimum atomic E-state index is 0.523. The molecular formula is C26H30N8O. The van der Waals surface area contributed by atoms with Crippen LogP contribution in [0.25, 0.3) is 5.69 Å². The second-order valence-electron chi connectivity index (χ2n) is 8.63. The third-order valence-electron chi connectivity index (χ3n) is 6.05. The van der Waals surface area contributed by atoms with E-state index >= 15 is 0 Å². The van der Waals surface area contributed by atoms with Gasteiger partial charge in [0.05, 0.1) is 18.5 Å². The summed E-state index contributed by atoms with van der Waals surface area (Å²) in [4.78, 5) is 13.8. The van der Waals surface area contributed by atoms with Gasteiger partial charge in [-0.15, -0.1) is 0 Å². The van der Waals surface area contributed by atoms with Crippen molar-refractivity contribution in [2.45, 2.75) is 6.92 Å². The maximum atomic E-state index is 5.27. The van der Waals surface area contributed by atoms with Gasteiger partial charge < -0.3 is 25.2 Å². The van der Waals surface area contributed by atoms with Crippen molar-refractivity contribution in [2.75, 3.05) is 55.9 Å². The van der Waals surface area contributed by atoms with Gasteiger partial charge >= 0.3 is 0 Å². The molecule has 9 heteroatoms. The van der Waals surface area contributed by atoms with Crippen LogP contribution < -0.4 is 20.3 Å². The van der Waals surface area contributed by atoms with Gasteiger partial charge in [-0.05, 0) is 68.6 Å². The van der Waals surface area contributed by atoms with E-state index in [1.807, 2.05) is 48.0 Å². The molecule has 9 nitrogen and oxygen atoms in total. The standard InChI is InChI=1S/C26H30N8O/c1-19-18-25(34(31-19)22-8-10-23(35-3)11-9-22)29-24-12-13-27-26(30-24)28-20-4-6-21(7-5-20)33-16-14-32(2)15-17-33/h4-13,18H,14-17H2,1-3H3,(H2,27,28,29,30). The Hall–Kier alpha value is -4.11. The van der Waals surface area contributed by atoms with Gasteiger partial charge in [0.25, 0.3) is 0 Å². The van der Waals surface area contributed by atoms with Crippen molar-refractivity contribution in [1.82, 2.24) is 24.6 Å². The average molecular weight is 471 g/mol. The maximum Gasteiger partial charge on any atom is 0.229 e. The first-order valence-corrected chi connectivity index (χ1v) is 11.7. The number of aryl methyl sites for hydroxylation is 1. The zero-order valence-corrected chi connectivity index (χ0v) is 20.3. The zero-order valence-electron chi connectivity index (χ0n) is 20.3. The molecule has 180 valence electrons. The summed E-state index contributed by atoms with van der Waals surface area (Å²) in [5.41, 5.74) is 4.01. The van der Waals surface area contributed by atoms with E-state index in [4.69, 9.17) is 4.74 Å². The Morgan fingerprint density at radius 2 is 1.57 bits per heavy atom. The summed E-state index contributed by atoms with van der Waals surface area (Å²) in [6.07, 6.45) is 1.73. The van der Waals surface area contributed by atoms with E-state index in [1.54, 1.807) is 13.3 Å². The van der Waals surface area contributed by atoms with Crippen LogP contribution in [0.5, 0.6) is 5.75 Å². The highest BCUT2D eigenvalue weighted by Gasteiger charge is 2.14. The van der Waals surface area contributed by atoms with Crippen LogP contribution in [0.15, 0.2) is 66.9 Å². The van der Waals surface area contributed by atoms with E-state index < -0.39 is 0 Å². The van der Waals surface area contributed by atoms with E-state index in [0.717, 1.165) is 54.8 Å². The average Bonchev–Trinajstić information content (AvgIpc) is 3.25. The number of aromatic nitrogens is 4. The first-order chi connectivity index (χ1) is 17.1. The van der Waals surface area contributed by atoms with Crippen molar-refractivity contribution in [3.8, 4) is 11.4 Å². The molecule has 35 heavy (non-hydrogen) atoms. The summed E-state index contributed by atoms with van der Waals surface area (Å²) in [5, 5.41) is 11.3. The van der Waals surface area contributed by atoms with Gasteiger partial charge in [0.15, 0.2) is 0 Å². The molecule has 1 saturated heterocycles. The lowest BCUT2D eigenvalue weighted by Crippen LogP contribution is -2.44. The molecule has 0 saturated carbocycles. The number of hydrogen-bond acceptors (Lipinski definition) is 8. The molecular weight excluding hydrogens is 440 g/mol. The molecule has 2 N–H and O–H groups in total.